The van der Waals surface area contributed by atoms with Gasteiger partial charge in [-0.1, -0.05) is 12.1 Å². The zero-order valence-electron chi connectivity index (χ0n) is 13.9. The summed E-state index contributed by atoms with van der Waals surface area (Å²) in [5.41, 5.74) is 2.65. The van der Waals surface area contributed by atoms with Crippen molar-refractivity contribution in [2.75, 3.05) is 6.54 Å². The number of rotatable bonds is 6. The molecule has 0 radical (unpaired) electrons. The molecule has 3 N–H and O–H groups in total. The maximum Gasteiger partial charge on any atom is 0.263 e. The van der Waals surface area contributed by atoms with Crippen molar-refractivity contribution in [2.45, 2.75) is 18.2 Å². The third-order valence-electron chi connectivity index (χ3n) is 3.72. The first-order chi connectivity index (χ1) is 12.3. The van der Waals surface area contributed by atoms with Gasteiger partial charge in [-0.2, -0.15) is 11.3 Å². The summed E-state index contributed by atoms with van der Waals surface area (Å²) in [6.45, 7) is 2.27. The van der Waals surface area contributed by atoms with Crippen molar-refractivity contribution in [3.8, 4) is 10.6 Å². The summed E-state index contributed by atoms with van der Waals surface area (Å²) in [5.74, 6) is -0.150. The van der Waals surface area contributed by atoms with Crippen LogP contribution in [0.15, 0.2) is 46.0 Å². The number of primary sulfonamides is 1. The molecule has 2 aromatic heterocycles. The van der Waals surface area contributed by atoms with Crippen molar-refractivity contribution in [1.82, 2.24) is 10.3 Å². The van der Waals surface area contributed by atoms with Crippen LogP contribution in [0.2, 0.25) is 0 Å². The van der Waals surface area contributed by atoms with Crippen molar-refractivity contribution in [2.24, 2.45) is 5.14 Å². The van der Waals surface area contributed by atoms with E-state index in [0.29, 0.717) is 23.5 Å². The minimum absolute atomic E-state index is 0.0755. The largest absolute Gasteiger partial charge is 0.351 e. The summed E-state index contributed by atoms with van der Waals surface area (Å²) in [6.07, 6.45) is 0.589. The quantitative estimate of drug-likeness (QED) is 0.656. The second-order valence-electron chi connectivity index (χ2n) is 5.64. The summed E-state index contributed by atoms with van der Waals surface area (Å²) in [5, 5.41) is 12.8. The van der Waals surface area contributed by atoms with Gasteiger partial charge < -0.3 is 5.32 Å². The van der Waals surface area contributed by atoms with Gasteiger partial charge in [-0.15, -0.1) is 11.3 Å². The normalized spacial score (nSPS) is 11.5. The highest BCUT2D eigenvalue weighted by molar-refractivity contribution is 7.89. The number of amides is 1. The lowest BCUT2D eigenvalue weighted by molar-refractivity contribution is 0.0957. The summed E-state index contributed by atoms with van der Waals surface area (Å²) < 4.78 is 22.5. The highest BCUT2D eigenvalue weighted by Gasteiger charge is 2.16. The number of nitrogens with zero attached hydrogens (tertiary/aromatic N) is 1. The van der Waals surface area contributed by atoms with Gasteiger partial charge in [0.15, 0.2) is 0 Å². The third kappa shape index (κ3) is 4.36. The number of thiophene rings is 1. The number of thiazole rings is 1. The molecular formula is C17H17N3O3S3. The van der Waals surface area contributed by atoms with Crippen molar-refractivity contribution in [1.29, 1.82) is 0 Å². The number of hydrogen-bond acceptors (Lipinski definition) is 6. The van der Waals surface area contributed by atoms with Gasteiger partial charge in [0.25, 0.3) is 5.91 Å². The monoisotopic (exact) mass is 407 g/mol. The van der Waals surface area contributed by atoms with E-state index < -0.39 is 10.0 Å². The number of sulfonamides is 1. The van der Waals surface area contributed by atoms with Crippen LogP contribution < -0.4 is 10.5 Å². The first-order valence-electron chi connectivity index (χ1n) is 7.74. The SMILES string of the molecule is Cc1nc(-c2ccsc2)sc1C(=O)NCCc1ccc(S(N)(=O)=O)cc1. The molecule has 3 rings (SSSR count). The van der Waals surface area contributed by atoms with Gasteiger partial charge in [-0.05, 0) is 42.5 Å². The number of nitrogens with two attached hydrogens (primary N) is 1. The van der Waals surface area contributed by atoms with Gasteiger partial charge in [0.1, 0.15) is 9.88 Å². The van der Waals surface area contributed by atoms with Crippen LogP contribution in [0.5, 0.6) is 0 Å². The van der Waals surface area contributed by atoms with Crippen LogP contribution in [0.25, 0.3) is 10.6 Å². The van der Waals surface area contributed by atoms with Crippen LogP contribution in [0.4, 0.5) is 0 Å². The predicted octanol–water partition coefficient (Wildman–Crippen LogP) is 2.80. The van der Waals surface area contributed by atoms with E-state index in [1.807, 2.05) is 23.8 Å². The highest BCUT2D eigenvalue weighted by atomic mass is 32.2. The molecule has 0 aliphatic rings. The fraction of sp³-hybridized carbons (Fsp3) is 0.176. The number of hydrogen-bond donors (Lipinski definition) is 2. The van der Waals surface area contributed by atoms with Crippen molar-refractivity contribution in [3.63, 3.8) is 0 Å². The van der Waals surface area contributed by atoms with Crippen LogP contribution in [0.1, 0.15) is 20.9 Å². The van der Waals surface area contributed by atoms with Crippen LogP contribution in [-0.2, 0) is 16.4 Å². The standard InChI is InChI=1S/C17H17N3O3S3/c1-11-15(25-17(20-11)13-7-9-24-10-13)16(21)19-8-6-12-2-4-14(5-3-12)26(18,22)23/h2-5,7,9-10H,6,8H2,1H3,(H,19,21)(H2,18,22,23). The zero-order valence-corrected chi connectivity index (χ0v) is 16.4. The molecule has 0 aliphatic carbocycles. The summed E-state index contributed by atoms with van der Waals surface area (Å²) in [6, 6.07) is 8.30. The molecule has 3 aromatic rings. The third-order valence-corrected chi connectivity index (χ3v) is 6.54. The molecule has 6 nitrogen and oxygen atoms in total. The Morgan fingerprint density at radius 2 is 1.96 bits per heavy atom. The van der Waals surface area contributed by atoms with Crippen LogP contribution in [-0.4, -0.2) is 25.9 Å². The Morgan fingerprint density at radius 3 is 2.58 bits per heavy atom. The number of aromatic nitrogens is 1. The minimum Gasteiger partial charge on any atom is -0.351 e. The predicted molar refractivity (Wildman–Crippen MR) is 104 cm³/mol. The van der Waals surface area contributed by atoms with Gasteiger partial charge in [0.2, 0.25) is 10.0 Å². The maximum absolute atomic E-state index is 12.4. The molecule has 0 spiro atoms. The Balaban J connectivity index is 1.59. The Bertz CT molecular complexity index is 1010. The Hall–Kier alpha value is -2.07. The van der Waals surface area contributed by atoms with E-state index in [2.05, 4.69) is 10.3 Å². The molecule has 0 atom stereocenters. The molecule has 136 valence electrons. The fourth-order valence-electron chi connectivity index (χ4n) is 2.36. The van der Waals surface area contributed by atoms with Crippen LogP contribution in [0.3, 0.4) is 0 Å². The number of benzene rings is 1. The van der Waals surface area contributed by atoms with Gasteiger partial charge >= 0.3 is 0 Å². The first-order valence-corrected chi connectivity index (χ1v) is 11.0. The van der Waals surface area contributed by atoms with E-state index >= 15 is 0 Å². The Kier molecular flexibility index (Phi) is 5.52. The molecule has 26 heavy (non-hydrogen) atoms. The second kappa shape index (κ2) is 7.67. The lowest BCUT2D eigenvalue weighted by Gasteiger charge is -2.05. The van der Waals surface area contributed by atoms with Crippen molar-refractivity contribution >= 4 is 38.6 Å². The van der Waals surface area contributed by atoms with Gasteiger partial charge in [0.05, 0.1) is 10.6 Å². The molecule has 1 amide bonds. The van der Waals surface area contributed by atoms with Crippen molar-refractivity contribution in [3.05, 3.63) is 57.2 Å². The lowest BCUT2D eigenvalue weighted by Crippen LogP contribution is -2.25. The highest BCUT2D eigenvalue weighted by Crippen LogP contribution is 2.29. The topological polar surface area (TPSA) is 102 Å². The van der Waals surface area contributed by atoms with Gasteiger partial charge in [0, 0.05) is 17.5 Å². The van der Waals surface area contributed by atoms with Crippen LogP contribution >= 0.6 is 22.7 Å². The first kappa shape index (κ1) is 18.7. The second-order valence-corrected chi connectivity index (χ2v) is 8.98. The number of nitrogens with one attached hydrogen (secondary N) is 1. The molecule has 0 bridgehead atoms. The Labute approximate surface area is 159 Å². The average Bonchev–Trinajstić information content (AvgIpc) is 3.23. The fourth-order valence-corrected chi connectivity index (χ4v) is 4.57. The van der Waals surface area contributed by atoms with Gasteiger partial charge in [-0.3, -0.25) is 4.79 Å². The molecule has 0 unspecified atom stereocenters. The van der Waals surface area contributed by atoms with E-state index in [4.69, 9.17) is 5.14 Å². The molecule has 0 saturated carbocycles. The number of aryl methyl sites for hydroxylation is 1. The molecule has 0 fully saturated rings. The zero-order chi connectivity index (χ0) is 18.7. The van der Waals surface area contributed by atoms with E-state index in [1.165, 1.54) is 23.5 Å². The van der Waals surface area contributed by atoms with E-state index in [-0.39, 0.29) is 10.8 Å². The maximum atomic E-state index is 12.4. The minimum atomic E-state index is -3.69. The molecule has 2 heterocycles. The summed E-state index contributed by atoms with van der Waals surface area (Å²) >= 11 is 2.97. The smallest absolute Gasteiger partial charge is 0.263 e. The molecular weight excluding hydrogens is 390 g/mol. The molecule has 9 heteroatoms. The Morgan fingerprint density at radius 1 is 1.23 bits per heavy atom. The molecule has 0 saturated heterocycles. The van der Waals surface area contributed by atoms with E-state index in [1.54, 1.807) is 23.5 Å². The summed E-state index contributed by atoms with van der Waals surface area (Å²) in [7, 11) is -3.69. The van der Waals surface area contributed by atoms with Gasteiger partial charge in [-0.25, -0.2) is 18.5 Å². The van der Waals surface area contributed by atoms with Crippen LogP contribution in [0, 0.1) is 6.92 Å². The molecule has 0 aliphatic heterocycles. The number of carbonyl (C=O) groups excluding carboxylic acids is 1. The van der Waals surface area contributed by atoms with E-state index in [9.17, 15) is 13.2 Å². The summed E-state index contributed by atoms with van der Waals surface area (Å²) in [4.78, 5) is 17.5. The van der Waals surface area contributed by atoms with E-state index in [0.717, 1.165) is 16.1 Å². The lowest BCUT2D eigenvalue weighted by atomic mass is 10.1. The number of carbonyl (C=O) groups is 1. The average molecular weight is 408 g/mol. The molecule has 1 aromatic carbocycles. The van der Waals surface area contributed by atoms with Crippen molar-refractivity contribution < 1.29 is 13.2 Å².